The van der Waals surface area contributed by atoms with Crippen LogP contribution >= 0.6 is 0 Å². The van der Waals surface area contributed by atoms with Crippen molar-refractivity contribution in [2.24, 2.45) is 5.73 Å². The third-order valence-electron chi connectivity index (χ3n) is 2.28. The molecule has 0 fully saturated rings. The summed E-state index contributed by atoms with van der Waals surface area (Å²) in [5.41, 5.74) is 7.66. The van der Waals surface area contributed by atoms with Crippen LogP contribution in [-0.4, -0.2) is 25.4 Å². The summed E-state index contributed by atoms with van der Waals surface area (Å²) in [6, 6.07) is 5.83. The van der Waals surface area contributed by atoms with Crippen molar-refractivity contribution in [3.05, 3.63) is 29.3 Å². The molecule has 0 atom stereocenters. The summed E-state index contributed by atoms with van der Waals surface area (Å²) in [4.78, 5) is 0. The largest absolute Gasteiger partial charge is 0.496 e. The lowest BCUT2D eigenvalue weighted by molar-refractivity contribution is 0.104. The van der Waals surface area contributed by atoms with E-state index in [4.69, 9.17) is 20.3 Å². The Bertz CT molecular complexity index is 315. The van der Waals surface area contributed by atoms with Gasteiger partial charge in [0.05, 0.1) is 13.7 Å². The van der Waals surface area contributed by atoms with Gasteiger partial charge in [0.15, 0.2) is 0 Å². The van der Waals surface area contributed by atoms with Gasteiger partial charge in [-0.25, -0.2) is 0 Å². The van der Waals surface area contributed by atoms with Crippen LogP contribution in [0.25, 0.3) is 0 Å². The summed E-state index contributed by atoms with van der Waals surface area (Å²) >= 11 is 0. The lowest BCUT2D eigenvalue weighted by Crippen LogP contribution is -2.02. The third kappa shape index (κ3) is 3.81. The fourth-order valence-corrected chi connectivity index (χ4v) is 1.44. The van der Waals surface area contributed by atoms with Crippen molar-refractivity contribution in [1.82, 2.24) is 0 Å². The molecule has 0 saturated heterocycles. The molecule has 0 aromatic heterocycles. The molecule has 1 aromatic carbocycles. The van der Waals surface area contributed by atoms with Crippen LogP contribution in [0.15, 0.2) is 18.2 Å². The summed E-state index contributed by atoms with van der Waals surface area (Å²) in [6.07, 6.45) is 0.667. The maximum Gasteiger partial charge on any atom is 0.123 e. The molecule has 0 aliphatic heterocycles. The van der Waals surface area contributed by atoms with E-state index in [1.165, 1.54) is 0 Å². The van der Waals surface area contributed by atoms with Crippen molar-refractivity contribution in [2.75, 3.05) is 20.3 Å². The molecule has 0 unspecified atom stereocenters. The molecule has 90 valence electrons. The van der Waals surface area contributed by atoms with Crippen LogP contribution in [0.5, 0.6) is 5.75 Å². The van der Waals surface area contributed by atoms with Gasteiger partial charge in [0.2, 0.25) is 0 Å². The highest BCUT2D eigenvalue weighted by atomic mass is 16.5. The van der Waals surface area contributed by atoms with Gasteiger partial charge in [-0.1, -0.05) is 6.07 Å². The monoisotopic (exact) mass is 225 g/mol. The summed E-state index contributed by atoms with van der Waals surface area (Å²) in [5, 5.41) is 8.60. The molecule has 0 amide bonds. The maximum atomic E-state index is 8.60. The van der Waals surface area contributed by atoms with Gasteiger partial charge in [-0.15, -0.1) is 0 Å². The second-order valence-electron chi connectivity index (χ2n) is 3.48. The van der Waals surface area contributed by atoms with Crippen molar-refractivity contribution in [1.29, 1.82) is 0 Å². The fourth-order valence-electron chi connectivity index (χ4n) is 1.44. The van der Waals surface area contributed by atoms with Gasteiger partial charge in [0, 0.05) is 25.3 Å². The Labute approximate surface area is 96.0 Å². The van der Waals surface area contributed by atoms with E-state index < -0.39 is 0 Å². The molecular formula is C12H19NO3. The lowest BCUT2D eigenvalue weighted by Gasteiger charge is -2.09. The number of benzene rings is 1. The number of aliphatic hydroxyl groups excluding tert-OH is 1. The summed E-state index contributed by atoms with van der Waals surface area (Å²) in [7, 11) is 1.63. The minimum absolute atomic E-state index is 0.163. The highest BCUT2D eigenvalue weighted by Gasteiger charge is 2.02. The van der Waals surface area contributed by atoms with Gasteiger partial charge in [0.1, 0.15) is 5.75 Å². The Hall–Kier alpha value is -1.10. The number of methoxy groups -OCH3 is 1. The minimum Gasteiger partial charge on any atom is -0.496 e. The topological polar surface area (TPSA) is 64.7 Å². The molecule has 0 saturated carbocycles. The predicted molar refractivity (Wildman–Crippen MR) is 62.2 cm³/mol. The SMILES string of the molecule is COc1ccc(COCCCO)cc1CN. The highest BCUT2D eigenvalue weighted by Crippen LogP contribution is 2.19. The summed E-state index contributed by atoms with van der Waals surface area (Å²) in [5.74, 6) is 0.807. The molecule has 1 aromatic rings. The molecule has 1 rings (SSSR count). The first-order chi connectivity index (χ1) is 7.81. The number of rotatable bonds is 7. The van der Waals surface area contributed by atoms with Crippen molar-refractivity contribution in [3.63, 3.8) is 0 Å². The molecule has 0 aliphatic carbocycles. The van der Waals surface area contributed by atoms with E-state index in [9.17, 15) is 0 Å². The minimum atomic E-state index is 0.163. The standard InChI is InChI=1S/C12H19NO3/c1-15-12-4-3-10(7-11(12)8-13)9-16-6-2-5-14/h3-4,7,14H,2,5-6,8-9,13H2,1H3. The molecule has 0 aliphatic rings. The second kappa shape index (κ2) is 7.22. The molecule has 4 heteroatoms. The lowest BCUT2D eigenvalue weighted by atomic mass is 10.1. The van der Waals surface area contributed by atoms with Crippen LogP contribution in [0, 0.1) is 0 Å². The molecule has 0 bridgehead atoms. The summed E-state index contributed by atoms with van der Waals surface area (Å²) in [6.45, 7) is 1.72. The molecule has 16 heavy (non-hydrogen) atoms. The average Bonchev–Trinajstić information content (AvgIpc) is 2.34. The number of hydrogen-bond donors (Lipinski definition) is 2. The van der Waals surface area contributed by atoms with Crippen molar-refractivity contribution >= 4 is 0 Å². The van der Waals surface area contributed by atoms with Crippen molar-refractivity contribution in [3.8, 4) is 5.75 Å². The first-order valence-corrected chi connectivity index (χ1v) is 5.36. The number of nitrogens with two attached hydrogens (primary N) is 1. The van der Waals surface area contributed by atoms with Crippen LogP contribution < -0.4 is 10.5 Å². The van der Waals surface area contributed by atoms with Gasteiger partial charge < -0.3 is 20.3 Å². The van der Waals surface area contributed by atoms with Crippen molar-refractivity contribution < 1.29 is 14.6 Å². The van der Waals surface area contributed by atoms with Crippen LogP contribution in [0.3, 0.4) is 0 Å². The van der Waals surface area contributed by atoms with E-state index >= 15 is 0 Å². The van der Waals surface area contributed by atoms with E-state index in [0.29, 0.717) is 26.2 Å². The summed E-state index contributed by atoms with van der Waals surface area (Å²) < 4.78 is 10.6. The Kier molecular flexibility index (Phi) is 5.85. The van der Waals surface area contributed by atoms with Gasteiger partial charge in [0.25, 0.3) is 0 Å². The molecule has 3 N–H and O–H groups in total. The first-order valence-electron chi connectivity index (χ1n) is 5.36. The second-order valence-corrected chi connectivity index (χ2v) is 3.48. The zero-order valence-electron chi connectivity index (χ0n) is 9.61. The number of ether oxygens (including phenoxy) is 2. The molecule has 4 nitrogen and oxygen atoms in total. The smallest absolute Gasteiger partial charge is 0.123 e. The molecular weight excluding hydrogens is 206 g/mol. The van der Waals surface area contributed by atoms with Gasteiger partial charge in [-0.3, -0.25) is 0 Å². The molecule has 0 heterocycles. The van der Waals surface area contributed by atoms with Gasteiger partial charge in [-0.05, 0) is 24.1 Å². The zero-order valence-corrected chi connectivity index (χ0v) is 9.61. The van der Waals surface area contributed by atoms with Crippen LogP contribution in [0.1, 0.15) is 17.5 Å². The van der Waals surface area contributed by atoms with E-state index in [-0.39, 0.29) is 6.61 Å². The van der Waals surface area contributed by atoms with Gasteiger partial charge >= 0.3 is 0 Å². The van der Waals surface area contributed by atoms with E-state index in [1.807, 2.05) is 18.2 Å². The Balaban J connectivity index is 2.54. The highest BCUT2D eigenvalue weighted by molar-refractivity contribution is 5.36. The predicted octanol–water partition coefficient (Wildman–Crippen LogP) is 1.05. The third-order valence-corrected chi connectivity index (χ3v) is 2.28. The molecule has 0 radical (unpaired) electrons. The zero-order chi connectivity index (χ0) is 11.8. The van der Waals surface area contributed by atoms with Crippen LogP contribution in [0.2, 0.25) is 0 Å². The van der Waals surface area contributed by atoms with E-state index in [2.05, 4.69) is 0 Å². The normalized spacial score (nSPS) is 10.4. The fraction of sp³-hybridized carbons (Fsp3) is 0.500. The van der Waals surface area contributed by atoms with Crippen LogP contribution in [0.4, 0.5) is 0 Å². The number of aliphatic hydroxyl groups is 1. The average molecular weight is 225 g/mol. The quantitative estimate of drug-likeness (QED) is 0.681. The molecule has 0 spiro atoms. The Morgan fingerprint density at radius 2 is 2.19 bits per heavy atom. The first kappa shape index (κ1) is 13.0. The van der Waals surface area contributed by atoms with E-state index in [0.717, 1.165) is 16.9 Å². The Morgan fingerprint density at radius 3 is 2.81 bits per heavy atom. The van der Waals surface area contributed by atoms with E-state index in [1.54, 1.807) is 7.11 Å². The van der Waals surface area contributed by atoms with Crippen molar-refractivity contribution in [2.45, 2.75) is 19.6 Å². The van der Waals surface area contributed by atoms with Gasteiger partial charge in [-0.2, -0.15) is 0 Å². The van der Waals surface area contributed by atoms with Crippen LogP contribution in [-0.2, 0) is 17.9 Å². The number of hydrogen-bond acceptors (Lipinski definition) is 4. The Morgan fingerprint density at radius 1 is 1.38 bits per heavy atom. The maximum absolute atomic E-state index is 8.60.